The zero-order valence-electron chi connectivity index (χ0n) is 7.06. The van der Waals surface area contributed by atoms with Gasteiger partial charge in [0.1, 0.15) is 0 Å². The molecule has 4 heteroatoms. The molecule has 1 rings (SSSR count). The van der Waals surface area contributed by atoms with Gasteiger partial charge in [-0.15, -0.1) is 0 Å². The van der Waals surface area contributed by atoms with Crippen molar-refractivity contribution in [3.05, 3.63) is 25.7 Å². The van der Waals surface area contributed by atoms with Crippen LogP contribution in [0.25, 0.3) is 0 Å². The summed E-state index contributed by atoms with van der Waals surface area (Å²) in [7, 11) is 0. The number of esters is 2. The lowest BCUT2D eigenvalue weighted by molar-refractivity contribution is -0.145. The Balaban J connectivity index is 2.37. The quantitative estimate of drug-likeness (QED) is 0.480. The highest BCUT2D eigenvalue weighted by Crippen LogP contribution is 2.40. The van der Waals surface area contributed by atoms with Crippen LogP contribution in [0, 0.1) is 11.8 Å². The summed E-state index contributed by atoms with van der Waals surface area (Å²) in [5.74, 6) is -1.60. The fourth-order valence-electron chi connectivity index (χ4n) is 1.06. The Kier molecular flexibility index (Phi) is 2.84. The van der Waals surface area contributed by atoms with Crippen molar-refractivity contribution in [1.29, 1.82) is 0 Å². The third-order valence-corrected chi connectivity index (χ3v) is 1.79. The highest BCUT2D eigenvalue weighted by atomic mass is 16.5. The lowest BCUT2D eigenvalue weighted by atomic mass is 10.3. The van der Waals surface area contributed by atoms with Crippen molar-refractivity contribution >= 4 is 11.9 Å². The molecule has 0 aromatic rings. The molecule has 70 valence electrons. The summed E-state index contributed by atoms with van der Waals surface area (Å²) in [6.45, 7) is 6.48. The first-order valence-electron chi connectivity index (χ1n) is 3.83. The van der Waals surface area contributed by atoms with E-state index >= 15 is 0 Å². The van der Waals surface area contributed by atoms with Gasteiger partial charge in [-0.25, -0.2) is 0 Å². The van der Waals surface area contributed by atoms with Gasteiger partial charge < -0.3 is 9.47 Å². The monoisotopic (exact) mass is 182 g/mol. The SMILES string of the molecule is C=COC(=O)C1CC1C(=O)OC=C. The molecule has 13 heavy (non-hydrogen) atoms. The van der Waals surface area contributed by atoms with Gasteiger partial charge in [0.2, 0.25) is 0 Å². The Morgan fingerprint density at radius 1 is 1.08 bits per heavy atom. The van der Waals surface area contributed by atoms with E-state index in [1.165, 1.54) is 0 Å². The number of carbonyl (C=O) groups excluding carboxylic acids is 2. The first-order valence-corrected chi connectivity index (χ1v) is 3.83. The molecule has 1 aliphatic carbocycles. The predicted octanol–water partition coefficient (Wildman–Crippen LogP) is 0.996. The van der Waals surface area contributed by atoms with Crippen LogP contribution in [0.5, 0.6) is 0 Å². The van der Waals surface area contributed by atoms with E-state index in [-0.39, 0.29) is 11.8 Å². The molecule has 0 amide bonds. The third-order valence-electron chi connectivity index (χ3n) is 1.79. The van der Waals surface area contributed by atoms with Crippen LogP contribution in [-0.4, -0.2) is 11.9 Å². The van der Waals surface area contributed by atoms with E-state index in [0.717, 1.165) is 12.5 Å². The van der Waals surface area contributed by atoms with Crippen LogP contribution in [0.4, 0.5) is 0 Å². The van der Waals surface area contributed by atoms with Crippen molar-refractivity contribution in [3.8, 4) is 0 Å². The van der Waals surface area contributed by atoms with E-state index in [2.05, 4.69) is 22.6 Å². The molecule has 1 aliphatic rings. The van der Waals surface area contributed by atoms with Gasteiger partial charge in [-0.1, -0.05) is 13.2 Å². The molecule has 0 aliphatic heterocycles. The second-order valence-electron chi connectivity index (χ2n) is 2.66. The van der Waals surface area contributed by atoms with Crippen molar-refractivity contribution in [2.75, 3.05) is 0 Å². The van der Waals surface area contributed by atoms with Crippen LogP contribution in [0.2, 0.25) is 0 Å². The van der Waals surface area contributed by atoms with E-state index in [4.69, 9.17) is 0 Å². The molecule has 0 bridgehead atoms. The first-order chi connectivity index (χ1) is 6.20. The van der Waals surface area contributed by atoms with Crippen molar-refractivity contribution in [3.63, 3.8) is 0 Å². The number of hydrogen-bond acceptors (Lipinski definition) is 4. The van der Waals surface area contributed by atoms with Crippen LogP contribution >= 0.6 is 0 Å². The molecule has 0 N–H and O–H groups in total. The fraction of sp³-hybridized carbons (Fsp3) is 0.333. The highest BCUT2D eigenvalue weighted by molar-refractivity contribution is 5.87. The molecule has 1 saturated carbocycles. The molecule has 2 unspecified atom stereocenters. The minimum atomic E-state index is -0.430. The average Bonchev–Trinajstić information content (AvgIpc) is 2.84. The van der Waals surface area contributed by atoms with E-state index in [1.54, 1.807) is 0 Å². The maximum atomic E-state index is 11.0. The topological polar surface area (TPSA) is 52.6 Å². The zero-order chi connectivity index (χ0) is 9.84. The molecular formula is C9H10O4. The largest absolute Gasteiger partial charge is 0.435 e. The molecule has 0 heterocycles. The molecule has 0 spiro atoms. The van der Waals surface area contributed by atoms with Gasteiger partial charge >= 0.3 is 11.9 Å². The molecule has 1 fully saturated rings. The zero-order valence-corrected chi connectivity index (χ0v) is 7.06. The van der Waals surface area contributed by atoms with Crippen molar-refractivity contribution in [2.45, 2.75) is 6.42 Å². The molecule has 0 radical (unpaired) electrons. The van der Waals surface area contributed by atoms with E-state index in [1.807, 2.05) is 0 Å². The summed E-state index contributed by atoms with van der Waals surface area (Å²) >= 11 is 0. The summed E-state index contributed by atoms with van der Waals surface area (Å²) in [5, 5.41) is 0. The third kappa shape index (κ3) is 2.18. The van der Waals surface area contributed by atoms with Gasteiger partial charge in [-0.2, -0.15) is 0 Å². The average molecular weight is 182 g/mol. The Morgan fingerprint density at radius 2 is 1.46 bits per heavy atom. The standard InChI is InChI=1S/C9H10O4/c1-3-12-8(10)6-5-7(6)9(11)13-4-2/h3-4,6-7H,1-2,5H2. The van der Waals surface area contributed by atoms with Crippen LogP contribution in [0.3, 0.4) is 0 Å². The lowest BCUT2D eigenvalue weighted by Gasteiger charge is -1.97. The number of ether oxygens (including phenoxy) is 2. The van der Waals surface area contributed by atoms with Crippen molar-refractivity contribution in [2.24, 2.45) is 11.8 Å². The first kappa shape index (κ1) is 9.51. The highest BCUT2D eigenvalue weighted by Gasteiger charge is 2.50. The van der Waals surface area contributed by atoms with Crippen LogP contribution in [-0.2, 0) is 19.1 Å². The van der Waals surface area contributed by atoms with Crippen molar-refractivity contribution in [1.82, 2.24) is 0 Å². The Labute approximate surface area is 75.8 Å². The maximum absolute atomic E-state index is 11.0. The van der Waals surface area contributed by atoms with Crippen LogP contribution in [0.15, 0.2) is 25.7 Å². The Morgan fingerprint density at radius 3 is 1.77 bits per heavy atom. The van der Waals surface area contributed by atoms with Gasteiger partial charge in [0.25, 0.3) is 0 Å². The number of carbonyl (C=O) groups is 2. The van der Waals surface area contributed by atoms with Crippen LogP contribution < -0.4 is 0 Å². The summed E-state index contributed by atoms with van der Waals surface area (Å²) in [5.41, 5.74) is 0. The van der Waals surface area contributed by atoms with Gasteiger partial charge in [0.15, 0.2) is 0 Å². The van der Waals surface area contributed by atoms with Gasteiger partial charge in [0, 0.05) is 0 Å². The normalized spacial score (nSPS) is 24.3. The van der Waals surface area contributed by atoms with Crippen LogP contribution in [0.1, 0.15) is 6.42 Å². The molecule has 2 atom stereocenters. The van der Waals surface area contributed by atoms with E-state index in [0.29, 0.717) is 6.42 Å². The minimum Gasteiger partial charge on any atom is -0.435 e. The van der Waals surface area contributed by atoms with E-state index in [9.17, 15) is 9.59 Å². The summed E-state index contributed by atoms with van der Waals surface area (Å²) in [6, 6.07) is 0. The molecule has 0 saturated heterocycles. The van der Waals surface area contributed by atoms with Crippen molar-refractivity contribution < 1.29 is 19.1 Å². The smallest absolute Gasteiger partial charge is 0.314 e. The second-order valence-corrected chi connectivity index (χ2v) is 2.66. The maximum Gasteiger partial charge on any atom is 0.314 e. The summed E-state index contributed by atoms with van der Waals surface area (Å²) < 4.78 is 9.03. The Bertz CT molecular complexity index is 230. The summed E-state index contributed by atoms with van der Waals surface area (Å²) in [6.07, 6.45) is 2.59. The second kappa shape index (κ2) is 3.89. The fourth-order valence-corrected chi connectivity index (χ4v) is 1.06. The molecular weight excluding hydrogens is 172 g/mol. The minimum absolute atomic E-state index is 0.370. The number of hydrogen-bond donors (Lipinski definition) is 0. The van der Waals surface area contributed by atoms with E-state index < -0.39 is 11.9 Å². The summed E-state index contributed by atoms with van der Waals surface area (Å²) in [4.78, 5) is 22.0. The molecule has 4 nitrogen and oxygen atoms in total. The molecule has 0 aromatic carbocycles. The lowest BCUT2D eigenvalue weighted by Crippen LogP contribution is -2.10. The van der Waals surface area contributed by atoms with Gasteiger partial charge in [0.05, 0.1) is 24.4 Å². The Hall–Kier alpha value is -1.58. The molecule has 0 aromatic heterocycles. The number of rotatable bonds is 4. The van der Waals surface area contributed by atoms with Gasteiger partial charge in [-0.3, -0.25) is 9.59 Å². The van der Waals surface area contributed by atoms with Gasteiger partial charge in [-0.05, 0) is 6.42 Å². The predicted molar refractivity (Wildman–Crippen MR) is 44.2 cm³/mol.